The Labute approximate surface area is 92.6 Å². The molecule has 0 spiro atoms. The molecule has 3 rings (SSSR count). The average molecular weight is 209 g/mol. The third kappa shape index (κ3) is 1.93. The van der Waals surface area contributed by atoms with E-state index in [0.717, 1.165) is 12.6 Å². The van der Waals surface area contributed by atoms with Gasteiger partial charge in [0.05, 0.1) is 0 Å². The number of nitrogens with two attached hydrogens (primary N) is 1. The van der Waals surface area contributed by atoms with Gasteiger partial charge in [0.2, 0.25) is 0 Å². The molecule has 0 aromatic rings. The Morgan fingerprint density at radius 1 is 1.13 bits per heavy atom. The van der Waals surface area contributed by atoms with E-state index in [1.165, 1.54) is 58.3 Å². The van der Waals surface area contributed by atoms with Crippen LogP contribution in [0.25, 0.3) is 0 Å². The van der Waals surface area contributed by atoms with E-state index < -0.39 is 0 Å². The lowest BCUT2D eigenvalue weighted by molar-refractivity contribution is 0.0668. The molecule has 1 saturated carbocycles. The molecule has 0 amide bonds. The molecule has 0 radical (unpaired) electrons. The van der Waals surface area contributed by atoms with Crippen LogP contribution in [0.3, 0.4) is 0 Å². The highest BCUT2D eigenvalue weighted by atomic mass is 15.3. The van der Waals surface area contributed by atoms with Gasteiger partial charge in [0.1, 0.15) is 0 Å². The van der Waals surface area contributed by atoms with Gasteiger partial charge >= 0.3 is 0 Å². The number of nitrogens with zero attached hydrogens (tertiary/aromatic N) is 2. The zero-order chi connectivity index (χ0) is 10.3. The van der Waals surface area contributed by atoms with E-state index in [0.29, 0.717) is 0 Å². The molecule has 3 heteroatoms. The van der Waals surface area contributed by atoms with E-state index in [1.807, 2.05) is 0 Å². The van der Waals surface area contributed by atoms with Gasteiger partial charge in [-0.3, -0.25) is 9.80 Å². The first-order chi connectivity index (χ1) is 7.25. The Bertz CT molecular complexity index is 237. The summed E-state index contributed by atoms with van der Waals surface area (Å²) in [7, 11) is 0. The molecule has 3 fully saturated rings. The molecule has 3 aliphatic rings. The van der Waals surface area contributed by atoms with Gasteiger partial charge in [-0.15, -0.1) is 0 Å². The summed E-state index contributed by atoms with van der Waals surface area (Å²) in [4.78, 5) is 5.28. The van der Waals surface area contributed by atoms with Gasteiger partial charge in [0.25, 0.3) is 0 Å². The maximum Gasteiger partial charge on any atom is 0.0283 e. The Balaban J connectivity index is 1.55. The number of fused-ring (bicyclic) bond motifs is 1. The van der Waals surface area contributed by atoms with Gasteiger partial charge in [-0.2, -0.15) is 0 Å². The van der Waals surface area contributed by atoms with Crippen molar-refractivity contribution in [2.24, 2.45) is 5.73 Å². The lowest BCUT2D eigenvalue weighted by atomic mass is 9.77. The molecule has 86 valence electrons. The maximum absolute atomic E-state index is 6.32. The summed E-state index contributed by atoms with van der Waals surface area (Å²) in [6, 6.07) is 0.849. The Morgan fingerprint density at radius 2 is 2.00 bits per heavy atom. The van der Waals surface area contributed by atoms with Crippen LogP contribution in [0, 0.1) is 0 Å². The van der Waals surface area contributed by atoms with Gasteiger partial charge in [-0.05, 0) is 38.6 Å². The predicted octanol–water partition coefficient (Wildman–Crippen LogP) is 0.648. The summed E-state index contributed by atoms with van der Waals surface area (Å²) >= 11 is 0. The minimum Gasteiger partial charge on any atom is -0.324 e. The van der Waals surface area contributed by atoms with Crippen LogP contribution < -0.4 is 5.73 Å². The lowest BCUT2D eigenvalue weighted by Crippen LogP contribution is -2.59. The molecule has 15 heavy (non-hydrogen) atoms. The molecule has 0 bridgehead atoms. The number of rotatable bonds is 2. The van der Waals surface area contributed by atoms with Crippen molar-refractivity contribution < 1.29 is 0 Å². The van der Waals surface area contributed by atoms with Crippen LogP contribution >= 0.6 is 0 Å². The lowest BCUT2D eigenvalue weighted by Gasteiger charge is -2.45. The SMILES string of the molecule is NC1(CN2CCN3CCCC3C2)CCC1. The quantitative estimate of drug-likeness (QED) is 0.725. The van der Waals surface area contributed by atoms with Gasteiger partial charge in [0.15, 0.2) is 0 Å². The summed E-state index contributed by atoms with van der Waals surface area (Å²) in [6.45, 7) is 6.29. The second-order valence-electron chi connectivity index (χ2n) is 5.78. The Kier molecular flexibility index (Phi) is 2.49. The molecule has 1 aliphatic carbocycles. The number of hydrogen-bond donors (Lipinski definition) is 1. The normalized spacial score (nSPS) is 36.2. The standard InChI is InChI=1S/C12H23N3/c13-12(4-2-5-12)10-14-7-8-15-6-1-3-11(15)9-14/h11H,1-10,13H2. The first kappa shape index (κ1) is 10.1. The van der Waals surface area contributed by atoms with Crippen LogP contribution in [-0.4, -0.2) is 54.1 Å². The zero-order valence-electron chi connectivity index (χ0n) is 9.62. The van der Waals surface area contributed by atoms with Crippen molar-refractivity contribution in [3.8, 4) is 0 Å². The highest BCUT2D eigenvalue weighted by Crippen LogP contribution is 2.31. The summed E-state index contributed by atoms with van der Waals surface area (Å²) in [5, 5.41) is 0. The first-order valence-corrected chi connectivity index (χ1v) is 6.51. The van der Waals surface area contributed by atoms with Crippen molar-refractivity contribution in [1.82, 2.24) is 9.80 Å². The predicted molar refractivity (Wildman–Crippen MR) is 61.8 cm³/mol. The Morgan fingerprint density at radius 3 is 2.73 bits per heavy atom. The van der Waals surface area contributed by atoms with Gasteiger partial charge in [0, 0.05) is 37.8 Å². The minimum atomic E-state index is 0.181. The molecule has 2 aliphatic heterocycles. The summed E-state index contributed by atoms with van der Waals surface area (Å²) < 4.78 is 0. The van der Waals surface area contributed by atoms with Gasteiger partial charge in [-0.1, -0.05) is 0 Å². The molecular weight excluding hydrogens is 186 g/mol. The van der Waals surface area contributed by atoms with Gasteiger partial charge < -0.3 is 5.73 Å². The summed E-state index contributed by atoms with van der Waals surface area (Å²) in [6.07, 6.45) is 6.66. The van der Waals surface area contributed by atoms with E-state index in [2.05, 4.69) is 9.80 Å². The highest BCUT2D eigenvalue weighted by Gasteiger charge is 2.37. The smallest absolute Gasteiger partial charge is 0.0283 e. The molecule has 0 aromatic heterocycles. The summed E-state index contributed by atoms with van der Waals surface area (Å²) in [5.41, 5.74) is 6.50. The molecule has 2 N–H and O–H groups in total. The molecular formula is C12H23N3. The monoisotopic (exact) mass is 209 g/mol. The zero-order valence-corrected chi connectivity index (χ0v) is 9.62. The number of hydrogen-bond acceptors (Lipinski definition) is 3. The average Bonchev–Trinajstić information content (AvgIpc) is 2.62. The molecule has 1 unspecified atom stereocenters. The molecule has 2 saturated heterocycles. The van der Waals surface area contributed by atoms with E-state index in [-0.39, 0.29) is 5.54 Å². The number of piperazine rings is 1. The van der Waals surface area contributed by atoms with Crippen LogP contribution in [-0.2, 0) is 0 Å². The van der Waals surface area contributed by atoms with Crippen molar-refractivity contribution in [1.29, 1.82) is 0 Å². The van der Waals surface area contributed by atoms with Gasteiger partial charge in [-0.25, -0.2) is 0 Å². The van der Waals surface area contributed by atoms with Crippen molar-refractivity contribution in [3.05, 3.63) is 0 Å². The van der Waals surface area contributed by atoms with E-state index >= 15 is 0 Å². The van der Waals surface area contributed by atoms with Crippen LogP contribution in [0.1, 0.15) is 32.1 Å². The van der Waals surface area contributed by atoms with Crippen LogP contribution in [0.4, 0.5) is 0 Å². The van der Waals surface area contributed by atoms with Crippen molar-refractivity contribution in [2.45, 2.75) is 43.7 Å². The molecule has 1 atom stereocenters. The van der Waals surface area contributed by atoms with E-state index in [4.69, 9.17) is 5.73 Å². The fraction of sp³-hybridized carbons (Fsp3) is 1.00. The van der Waals surface area contributed by atoms with Crippen molar-refractivity contribution in [2.75, 3.05) is 32.7 Å². The topological polar surface area (TPSA) is 32.5 Å². The van der Waals surface area contributed by atoms with Crippen LogP contribution in [0.5, 0.6) is 0 Å². The maximum atomic E-state index is 6.32. The second kappa shape index (κ2) is 3.72. The van der Waals surface area contributed by atoms with Crippen molar-refractivity contribution in [3.63, 3.8) is 0 Å². The minimum absolute atomic E-state index is 0.181. The largest absolute Gasteiger partial charge is 0.324 e. The second-order valence-corrected chi connectivity index (χ2v) is 5.78. The van der Waals surface area contributed by atoms with Crippen LogP contribution in [0.15, 0.2) is 0 Å². The molecule has 0 aromatic carbocycles. The highest BCUT2D eigenvalue weighted by molar-refractivity contribution is 4.97. The van der Waals surface area contributed by atoms with Crippen LogP contribution in [0.2, 0.25) is 0 Å². The molecule has 3 nitrogen and oxygen atoms in total. The van der Waals surface area contributed by atoms with Crippen molar-refractivity contribution >= 4 is 0 Å². The third-order valence-corrected chi connectivity index (χ3v) is 4.56. The van der Waals surface area contributed by atoms with E-state index in [1.54, 1.807) is 0 Å². The Hall–Kier alpha value is -0.120. The first-order valence-electron chi connectivity index (χ1n) is 6.51. The summed E-state index contributed by atoms with van der Waals surface area (Å²) in [5.74, 6) is 0. The molecule has 2 heterocycles. The third-order valence-electron chi connectivity index (χ3n) is 4.56. The fourth-order valence-corrected chi connectivity index (χ4v) is 3.43. The fourth-order valence-electron chi connectivity index (χ4n) is 3.43. The van der Waals surface area contributed by atoms with E-state index in [9.17, 15) is 0 Å².